The molecule has 2 fully saturated rings. The molecule has 28 heavy (non-hydrogen) atoms. The van der Waals surface area contributed by atoms with E-state index >= 15 is 0 Å². The maximum absolute atomic E-state index is 12.4. The Balaban J connectivity index is 1.38. The van der Waals surface area contributed by atoms with Crippen LogP contribution in [0, 0.1) is 6.92 Å². The van der Waals surface area contributed by atoms with Gasteiger partial charge in [-0.1, -0.05) is 17.4 Å². The molecule has 1 aromatic carbocycles. The number of aromatic nitrogens is 4. The van der Waals surface area contributed by atoms with Crippen LogP contribution in [0.15, 0.2) is 16.9 Å². The first-order valence-electron chi connectivity index (χ1n) is 9.91. The molecule has 0 bridgehead atoms. The van der Waals surface area contributed by atoms with Crippen LogP contribution >= 0.6 is 11.3 Å². The van der Waals surface area contributed by atoms with Gasteiger partial charge in [-0.15, -0.1) is 0 Å². The summed E-state index contributed by atoms with van der Waals surface area (Å²) in [6, 6.07) is 4.45. The van der Waals surface area contributed by atoms with Crippen molar-refractivity contribution in [3.8, 4) is 5.75 Å². The van der Waals surface area contributed by atoms with E-state index in [1.54, 1.807) is 25.5 Å². The second-order valence-corrected chi connectivity index (χ2v) is 8.86. The maximum Gasteiger partial charge on any atom is 0.345 e. The van der Waals surface area contributed by atoms with Crippen LogP contribution in [0.3, 0.4) is 0 Å². The number of aryl methyl sites for hydroxylation is 2. The minimum Gasteiger partial charge on any atom is -0.494 e. The molecule has 7 nitrogen and oxygen atoms in total. The highest BCUT2D eigenvalue weighted by Gasteiger charge is 2.34. The van der Waals surface area contributed by atoms with Crippen molar-refractivity contribution < 1.29 is 4.74 Å². The quantitative estimate of drug-likeness (QED) is 0.674. The van der Waals surface area contributed by atoms with Crippen molar-refractivity contribution in [2.45, 2.75) is 44.6 Å². The van der Waals surface area contributed by atoms with Gasteiger partial charge in [0.15, 0.2) is 5.13 Å². The lowest BCUT2D eigenvalue weighted by Gasteiger charge is -2.31. The van der Waals surface area contributed by atoms with Gasteiger partial charge in [-0.3, -0.25) is 4.57 Å². The third kappa shape index (κ3) is 2.82. The molecule has 2 aliphatic rings. The molecule has 3 aromatic rings. The predicted octanol–water partition coefficient (Wildman–Crippen LogP) is 3.23. The highest BCUT2D eigenvalue weighted by Crippen LogP contribution is 2.40. The van der Waals surface area contributed by atoms with E-state index in [-0.39, 0.29) is 5.69 Å². The summed E-state index contributed by atoms with van der Waals surface area (Å²) in [5.41, 5.74) is 2.22. The van der Waals surface area contributed by atoms with Crippen molar-refractivity contribution in [1.29, 1.82) is 0 Å². The number of hydrogen-bond donors (Lipinski definition) is 0. The van der Waals surface area contributed by atoms with Gasteiger partial charge in [0.05, 0.1) is 11.8 Å². The number of thiazole rings is 1. The zero-order chi connectivity index (χ0) is 19.4. The van der Waals surface area contributed by atoms with Gasteiger partial charge in [-0.05, 0) is 44.2 Å². The molecular weight excluding hydrogens is 374 g/mol. The zero-order valence-corrected chi connectivity index (χ0v) is 17.3. The molecule has 0 atom stereocenters. The first kappa shape index (κ1) is 17.7. The Labute approximate surface area is 167 Å². The summed E-state index contributed by atoms with van der Waals surface area (Å²) >= 11 is 1.74. The summed E-state index contributed by atoms with van der Waals surface area (Å²) in [6.45, 7) is 3.98. The second-order valence-electron chi connectivity index (χ2n) is 7.89. The number of nitrogens with zero attached hydrogens (tertiary/aromatic N) is 5. The lowest BCUT2D eigenvalue weighted by Crippen LogP contribution is -2.34. The highest BCUT2D eigenvalue weighted by atomic mass is 32.1. The molecule has 8 heteroatoms. The van der Waals surface area contributed by atoms with Crippen LogP contribution in [0.25, 0.3) is 10.2 Å². The summed E-state index contributed by atoms with van der Waals surface area (Å²) < 4.78 is 10.1. The molecule has 0 N–H and O–H groups in total. The number of ether oxygens (including phenoxy) is 1. The van der Waals surface area contributed by atoms with Crippen LogP contribution in [0.5, 0.6) is 5.75 Å². The maximum atomic E-state index is 12.4. The number of methoxy groups -OCH3 is 1. The van der Waals surface area contributed by atoms with Crippen molar-refractivity contribution in [3.05, 3.63) is 34.0 Å². The van der Waals surface area contributed by atoms with Crippen molar-refractivity contribution in [2.24, 2.45) is 7.05 Å². The fraction of sp³-hybridized carbons (Fsp3) is 0.550. The molecule has 1 aliphatic carbocycles. The number of piperidine rings is 1. The number of hydrogen-bond acceptors (Lipinski definition) is 6. The monoisotopic (exact) mass is 399 g/mol. The van der Waals surface area contributed by atoms with Gasteiger partial charge in [0.25, 0.3) is 0 Å². The lowest BCUT2D eigenvalue weighted by molar-refractivity contribution is 0.419. The molecule has 148 valence electrons. The Morgan fingerprint density at radius 1 is 1.18 bits per heavy atom. The van der Waals surface area contributed by atoms with E-state index in [4.69, 9.17) is 9.72 Å². The van der Waals surface area contributed by atoms with E-state index in [1.807, 2.05) is 10.6 Å². The Kier molecular flexibility index (Phi) is 4.19. The standard InChI is InChI=1S/C20H25N5O2S/c1-12-4-7-15(27-3)16-17(12)28-19(21-16)24-10-8-13(9-11-24)18-22-23(2)20(26)25(18)14-5-6-14/h4,7,13-14H,5-6,8-11H2,1-3H3. The molecule has 0 spiro atoms. The van der Waals surface area contributed by atoms with E-state index in [9.17, 15) is 4.79 Å². The topological polar surface area (TPSA) is 65.2 Å². The summed E-state index contributed by atoms with van der Waals surface area (Å²) in [5.74, 6) is 2.16. The molecule has 3 heterocycles. The molecule has 0 amide bonds. The van der Waals surface area contributed by atoms with Crippen LogP contribution in [-0.2, 0) is 7.05 Å². The van der Waals surface area contributed by atoms with Gasteiger partial charge in [0.2, 0.25) is 0 Å². The molecular formula is C20H25N5O2S. The number of fused-ring (bicyclic) bond motifs is 1. The van der Waals surface area contributed by atoms with E-state index in [0.717, 1.165) is 61.0 Å². The predicted molar refractivity (Wildman–Crippen MR) is 111 cm³/mol. The van der Waals surface area contributed by atoms with Gasteiger partial charge in [-0.2, -0.15) is 5.10 Å². The minimum atomic E-state index is 0.0358. The Morgan fingerprint density at radius 3 is 2.61 bits per heavy atom. The van der Waals surface area contributed by atoms with E-state index in [2.05, 4.69) is 23.0 Å². The highest BCUT2D eigenvalue weighted by molar-refractivity contribution is 7.22. The normalized spacial score (nSPS) is 18.2. The average molecular weight is 400 g/mol. The summed E-state index contributed by atoms with van der Waals surface area (Å²) in [5, 5.41) is 5.64. The molecule has 1 saturated heterocycles. The zero-order valence-electron chi connectivity index (χ0n) is 16.5. The van der Waals surface area contributed by atoms with Gasteiger partial charge >= 0.3 is 5.69 Å². The van der Waals surface area contributed by atoms with Crippen LogP contribution < -0.4 is 15.3 Å². The number of rotatable bonds is 4. The fourth-order valence-corrected chi connectivity index (χ4v) is 5.28. The molecule has 0 radical (unpaired) electrons. The molecule has 1 saturated carbocycles. The third-order valence-corrected chi connectivity index (χ3v) is 7.19. The summed E-state index contributed by atoms with van der Waals surface area (Å²) in [6.07, 6.45) is 4.19. The van der Waals surface area contributed by atoms with Gasteiger partial charge in [0.1, 0.15) is 17.1 Å². The van der Waals surface area contributed by atoms with Gasteiger partial charge in [-0.25, -0.2) is 14.5 Å². The lowest BCUT2D eigenvalue weighted by atomic mass is 9.96. The minimum absolute atomic E-state index is 0.0358. The smallest absolute Gasteiger partial charge is 0.345 e. The number of benzene rings is 1. The molecule has 0 unspecified atom stereocenters. The van der Waals surface area contributed by atoms with E-state index < -0.39 is 0 Å². The average Bonchev–Trinajstić information content (AvgIpc) is 3.36. The van der Waals surface area contributed by atoms with Crippen molar-refractivity contribution in [3.63, 3.8) is 0 Å². The Morgan fingerprint density at radius 2 is 1.93 bits per heavy atom. The Hall–Kier alpha value is -2.35. The third-order valence-electron chi connectivity index (χ3n) is 5.94. The Bertz CT molecular complexity index is 1090. The van der Waals surface area contributed by atoms with Gasteiger partial charge in [0, 0.05) is 32.1 Å². The SMILES string of the molecule is COc1ccc(C)c2sc(N3CCC(c4nn(C)c(=O)n4C4CC4)CC3)nc12. The van der Waals surface area contributed by atoms with Crippen molar-refractivity contribution in [2.75, 3.05) is 25.1 Å². The molecule has 1 aliphatic heterocycles. The summed E-state index contributed by atoms with van der Waals surface area (Å²) in [7, 11) is 3.46. The first-order chi connectivity index (χ1) is 13.6. The first-order valence-corrected chi connectivity index (χ1v) is 10.7. The van der Waals surface area contributed by atoms with Crippen LogP contribution in [0.2, 0.25) is 0 Å². The van der Waals surface area contributed by atoms with E-state index in [0.29, 0.717) is 12.0 Å². The molecule has 2 aromatic heterocycles. The fourth-order valence-electron chi connectivity index (χ4n) is 4.18. The van der Waals surface area contributed by atoms with Crippen molar-refractivity contribution >= 4 is 26.7 Å². The van der Waals surface area contributed by atoms with Gasteiger partial charge < -0.3 is 9.64 Å². The number of anilines is 1. The molecule has 5 rings (SSSR count). The summed E-state index contributed by atoms with van der Waals surface area (Å²) in [4.78, 5) is 19.7. The van der Waals surface area contributed by atoms with Crippen molar-refractivity contribution in [1.82, 2.24) is 19.3 Å². The van der Waals surface area contributed by atoms with Crippen LogP contribution in [-0.4, -0.2) is 39.5 Å². The van der Waals surface area contributed by atoms with Crippen LogP contribution in [0.1, 0.15) is 49.0 Å². The largest absolute Gasteiger partial charge is 0.494 e. The van der Waals surface area contributed by atoms with Crippen LogP contribution in [0.4, 0.5) is 5.13 Å². The van der Waals surface area contributed by atoms with E-state index in [1.165, 1.54) is 14.9 Å². The second kappa shape index (κ2) is 6.62.